The molecule has 8 heteroatoms. The smallest absolute Gasteiger partial charge is 0.208 e. The highest BCUT2D eigenvalue weighted by Crippen LogP contribution is 2.28. The number of nitrogens with one attached hydrogen (secondary N) is 1. The Bertz CT molecular complexity index is 1360. The standard InChI is InChI=1S/C26H26FN5O2/c1-17-4-5-18(14-23(17)27)29-26-30-24-15-21(6-7-25(24)31(26)2)34-22-8-9-28-19(13-22)12-20(33)16-32-10-3-11-32/h4-9,13-15H,3,10-12,16H2,1-2H3,(H,29,30). The molecule has 7 nitrogen and oxygen atoms in total. The SMILES string of the molecule is Cc1ccc(Nc2nc3cc(Oc4ccnc(CC(=O)CN5CCC5)c4)ccc3n2C)cc1F. The number of aromatic nitrogens is 3. The van der Waals surface area contributed by atoms with E-state index in [2.05, 4.69) is 20.2 Å². The molecular weight excluding hydrogens is 433 g/mol. The fraction of sp³-hybridized carbons (Fsp3) is 0.269. The van der Waals surface area contributed by atoms with E-state index in [1.165, 1.54) is 6.07 Å². The first-order valence-corrected chi connectivity index (χ1v) is 11.3. The molecule has 1 aliphatic rings. The van der Waals surface area contributed by atoms with E-state index in [9.17, 15) is 9.18 Å². The number of anilines is 2. The first-order chi connectivity index (χ1) is 16.4. The van der Waals surface area contributed by atoms with Crippen LogP contribution in [0.5, 0.6) is 11.5 Å². The highest BCUT2D eigenvalue weighted by Gasteiger charge is 2.17. The van der Waals surface area contributed by atoms with Gasteiger partial charge in [0.2, 0.25) is 5.95 Å². The highest BCUT2D eigenvalue weighted by atomic mass is 19.1. The molecular formula is C26H26FN5O2. The Morgan fingerprint density at radius 3 is 2.71 bits per heavy atom. The zero-order valence-corrected chi connectivity index (χ0v) is 19.2. The number of aryl methyl sites for hydroxylation is 2. The van der Waals surface area contributed by atoms with Gasteiger partial charge in [0, 0.05) is 31.1 Å². The number of imidazole rings is 1. The molecule has 0 unspecified atom stereocenters. The number of carbonyl (C=O) groups is 1. The molecule has 0 saturated carbocycles. The average Bonchev–Trinajstić information content (AvgIpc) is 3.08. The van der Waals surface area contributed by atoms with Gasteiger partial charge in [0.25, 0.3) is 0 Å². The maximum Gasteiger partial charge on any atom is 0.208 e. The number of fused-ring (bicyclic) bond motifs is 1. The minimum atomic E-state index is -0.265. The Morgan fingerprint density at radius 1 is 1.12 bits per heavy atom. The van der Waals surface area contributed by atoms with Crippen LogP contribution in [0.25, 0.3) is 11.0 Å². The van der Waals surface area contributed by atoms with Crippen molar-refractivity contribution in [2.24, 2.45) is 7.05 Å². The van der Waals surface area contributed by atoms with Crippen LogP contribution in [0, 0.1) is 12.7 Å². The van der Waals surface area contributed by atoms with E-state index in [0.717, 1.165) is 30.5 Å². The van der Waals surface area contributed by atoms with Gasteiger partial charge in [-0.3, -0.25) is 14.7 Å². The fourth-order valence-electron chi connectivity index (χ4n) is 3.95. The number of rotatable bonds is 8. The Kier molecular flexibility index (Phi) is 5.98. The maximum atomic E-state index is 13.9. The summed E-state index contributed by atoms with van der Waals surface area (Å²) in [5.74, 6) is 1.74. The second kappa shape index (κ2) is 9.23. The predicted molar refractivity (Wildman–Crippen MR) is 129 cm³/mol. The van der Waals surface area contributed by atoms with Crippen molar-refractivity contribution in [3.8, 4) is 11.5 Å². The third-order valence-corrected chi connectivity index (χ3v) is 6.03. The van der Waals surface area contributed by atoms with Crippen molar-refractivity contribution >= 4 is 28.5 Å². The lowest BCUT2D eigenvalue weighted by Crippen LogP contribution is -2.41. The molecule has 1 N–H and O–H groups in total. The van der Waals surface area contributed by atoms with Crippen LogP contribution in [0.1, 0.15) is 17.7 Å². The van der Waals surface area contributed by atoms with Crippen molar-refractivity contribution < 1.29 is 13.9 Å². The van der Waals surface area contributed by atoms with Crippen LogP contribution in [-0.4, -0.2) is 44.9 Å². The van der Waals surface area contributed by atoms with E-state index >= 15 is 0 Å². The minimum absolute atomic E-state index is 0.160. The Labute approximate surface area is 197 Å². The highest BCUT2D eigenvalue weighted by molar-refractivity contribution is 5.83. The van der Waals surface area contributed by atoms with Crippen LogP contribution in [-0.2, 0) is 18.3 Å². The molecule has 1 fully saturated rings. The van der Waals surface area contributed by atoms with Crippen molar-refractivity contribution in [2.45, 2.75) is 19.8 Å². The summed E-state index contributed by atoms with van der Waals surface area (Å²) < 4.78 is 21.9. The quantitative estimate of drug-likeness (QED) is 0.409. The van der Waals surface area contributed by atoms with Gasteiger partial charge in [0.15, 0.2) is 5.78 Å². The van der Waals surface area contributed by atoms with E-state index < -0.39 is 0 Å². The van der Waals surface area contributed by atoms with Crippen molar-refractivity contribution in [2.75, 3.05) is 25.0 Å². The summed E-state index contributed by atoms with van der Waals surface area (Å²) in [7, 11) is 1.90. The number of hydrogen-bond acceptors (Lipinski definition) is 6. The molecule has 4 aromatic rings. The molecule has 5 rings (SSSR count). The van der Waals surface area contributed by atoms with Gasteiger partial charge >= 0.3 is 0 Å². The van der Waals surface area contributed by atoms with Crippen LogP contribution in [0.15, 0.2) is 54.7 Å². The van der Waals surface area contributed by atoms with Crippen LogP contribution in [0.4, 0.5) is 16.0 Å². The summed E-state index contributed by atoms with van der Waals surface area (Å²) in [5, 5.41) is 3.17. The summed E-state index contributed by atoms with van der Waals surface area (Å²) in [6.45, 7) is 4.20. The summed E-state index contributed by atoms with van der Waals surface area (Å²) in [5.41, 5.74) is 3.57. The van der Waals surface area contributed by atoms with Gasteiger partial charge in [0.05, 0.1) is 29.7 Å². The van der Waals surface area contributed by atoms with Gasteiger partial charge in [0.1, 0.15) is 17.3 Å². The first-order valence-electron chi connectivity index (χ1n) is 11.3. The van der Waals surface area contributed by atoms with Gasteiger partial charge in [-0.1, -0.05) is 6.07 Å². The zero-order valence-electron chi connectivity index (χ0n) is 19.2. The molecule has 0 radical (unpaired) electrons. The molecule has 34 heavy (non-hydrogen) atoms. The topological polar surface area (TPSA) is 72.3 Å². The molecule has 0 aliphatic carbocycles. The van der Waals surface area contributed by atoms with E-state index in [1.54, 1.807) is 31.3 Å². The summed E-state index contributed by atoms with van der Waals surface area (Å²) in [4.78, 5) is 23.4. The van der Waals surface area contributed by atoms with Crippen molar-refractivity contribution in [3.05, 3.63) is 71.8 Å². The van der Waals surface area contributed by atoms with E-state index in [1.807, 2.05) is 35.9 Å². The molecule has 0 amide bonds. The number of nitrogens with zero attached hydrogens (tertiary/aromatic N) is 4. The summed E-state index contributed by atoms with van der Waals surface area (Å²) >= 11 is 0. The Hall–Kier alpha value is -3.78. The molecule has 174 valence electrons. The first kappa shape index (κ1) is 22.0. The van der Waals surface area contributed by atoms with Gasteiger partial charge in [-0.25, -0.2) is 9.37 Å². The molecule has 3 heterocycles. The largest absolute Gasteiger partial charge is 0.457 e. The summed E-state index contributed by atoms with van der Waals surface area (Å²) in [6.07, 6.45) is 3.11. The van der Waals surface area contributed by atoms with Gasteiger partial charge in [-0.15, -0.1) is 0 Å². The number of carbonyl (C=O) groups excluding carboxylic acids is 1. The molecule has 2 aromatic carbocycles. The molecule has 1 saturated heterocycles. The van der Waals surface area contributed by atoms with Crippen LogP contribution in [0.3, 0.4) is 0 Å². The average molecular weight is 460 g/mol. The van der Waals surface area contributed by atoms with Crippen LogP contribution >= 0.6 is 0 Å². The van der Waals surface area contributed by atoms with Crippen molar-refractivity contribution in [1.82, 2.24) is 19.4 Å². The number of pyridine rings is 1. The van der Waals surface area contributed by atoms with E-state index in [0.29, 0.717) is 47.4 Å². The lowest BCUT2D eigenvalue weighted by Gasteiger charge is -2.29. The normalized spacial score (nSPS) is 13.6. The fourth-order valence-corrected chi connectivity index (χ4v) is 3.95. The van der Waals surface area contributed by atoms with Gasteiger partial charge < -0.3 is 14.6 Å². The Morgan fingerprint density at radius 2 is 1.94 bits per heavy atom. The van der Waals surface area contributed by atoms with Gasteiger partial charge in [-0.2, -0.15) is 0 Å². The van der Waals surface area contributed by atoms with Crippen LogP contribution < -0.4 is 10.1 Å². The second-order valence-electron chi connectivity index (χ2n) is 8.66. The number of ketones is 1. The Balaban J connectivity index is 1.30. The van der Waals surface area contributed by atoms with Crippen molar-refractivity contribution in [1.29, 1.82) is 0 Å². The van der Waals surface area contributed by atoms with E-state index in [4.69, 9.17) is 4.74 Å². The lowest BCUT2D eigenvalue weighted by atomic mass is 10.1. The van der Waals surface area contributed by atoms with Gasteiger partial charge in [-0.05, 0) is 62.3 Å². The molecule has 2 aromatic heterocycles. The molecule has 0 spiro atoms. The number of likely N-dealkylation sites (tertiary alicyclic amines) is 1. The number of ether oxygens (including phenoxy) is 1. The predicted octanol–water partition coefficient (Wildman–Crippen LogP) is 4.77. The van der Waals surface area contributed by atoms with Crippen LogP contribution in [0.2, 0.25) is 0 Å². The number of halogens is 1. The maximum absolute atomic E-state index is 13.9. The second-order valence-corrected chi connectivity index (χ2v) is 8.66. The molecule has 0 bridgehead atoms. The van der Waals surface area contributed by atoms with E-state index in [-0.39, 0.29) is 11.6 Å². The van der Waals surface area contributed by atoms with Crippen molar-refractivity contribution in [3.63, 3.8) is 0 Å². The summed E-state index contributed by atoms with van der Waals surface area (Å²) in [6, 6.07) is 14.2. The zero-order chi connectivity index (χ0) is 23.7. The third-order valence-electron chi connectivity index (χ3n) is 6.03. The number of benzene rings is 2. The monoisotopic (exact) mass is 459 g/mol. The number of hydrogen-bond donors (Lipinski definition) is 1. The lowest BCUT2D eigenvalue weighted by molar-refractivity contribution is -0.120. The number of Topliss-reactive ketones (excluding diaryl/α,β-unsaturated/α-hetero) is 1. The molecule has 0 atom stereocenters. The minimum Gasteiger partial charge on any atom is -0.457 e. The molecule has 1 aliphatic heterocycles. The third kappa shape index (κ3) is 4.77.